The number of nitrogens with one attached hydrogen (secondary N) is 2. The van der Waals surface area contributed by atoms with Gasteiger partial charge < -0.3 is 14.8 Å². The fourth-order valence-electron chi connectivity index (χ4n) is 3.30. The Morgan fingerprint density at radius 2 is 1.73 bits per heavy atom. The first-order valence-electron chi connectivity index (χ1n) is 11.4. The van der Waals surface area contributed by atoms with E-state index in [1.807, 2.05) is 38.1 Å². The zero-order valence-corrected chi connectivity index (χ0v) is 20.3. The van der Waals surface area contributed by atoms with Crippen molar-refractivity contribution in [3.63, 3.8) is 0 Å². The third kappa shape index (κ3) is 8.68. The molecule has 2 amide bonds. The summed E-state index contributed by atoms with van der Waals surface area (Å²) in [6, 6.07) is 17.3. The minimum absolute atomic E-state index is 0.0655. The van der Waals surface area contributed by atoms with E-state index in [2.05, 4.69) is 15.8 Å². The molecule has 0 atom stereocenters. The van der Waals surface area contributed by atoms with Crippen LogP contribution >= 0.6 is 0 Å². The van der Waals surface area contributed by atoms with Crippen LogP contribution < -0.4 is 20.2 Å². The molecule has 0 aliphatic rings. The normalized spacial score (nSPS) is 11.3. The number of anilines is 1. The van der Waals surface area contributed by atoms with Crippen LogP contribution in [0.25, 0.3) is 0 Å². The first kappa shape index (κ1) is 27.3. The topological polar surface area (TPSA) is 89.0 Å². The van der Waals surface area contributed by atoms with Gasteiger partial charge in [0, 0.05) is 5.69 Å². The van der Waals surface area contributed by atoms with Gasteiger partial charge in [-0.15, -0.1) is 0 Å². The Bertz CT molecular complexity index is 1280. The highest BCUT2D eigenvalue weighted by atomic mass is 19.4. The van der Waals surface area contributed by atoms with Crippen LogP contribution in [0.4, 0.5) is 18.9 Å². The molecule has 0 bridgehead atoms. The predicted molar refractivity (Wildman–Crippen MR) is 134 cm³/mol. The maximum absolute atomic E-state index is 12.8. The van der Waals surface area contributed by atoms with Crippen molar-refractivity contribution in [2.24, 2.45) is 5.10 Å². The second kappa shape index (κ2) is 12.6. The van der Waals surface area contributed by atoms with E-state index in [9.17, 15) is 22.8 Å². The summed E-state index contributed by atoms with van der Waals surface area (Å²) in [5.74, 6) is -0.452. The summed E-state index contributed by atoms with van der Waals surface area (Å²) >= 11 is 0. The largest absolute Gasteiger partial charge is 0.490 e. The smallest absolute Gasteiger partial charge is 0.416 e. The van der Waals surface area contributed by atoms with Crippen molar-refractivity contribution in [2.45, 2.75) is 33.1 Å². The van der Waals surface area contributed by atoms with Crippen molar-refractivity contribution < 1.29 is 32.2 Å². The van der Waals surface area contributed by atoms with Gasteiger partial charge in [0.1, 0.15) is 13.0 Å². The van der Waals surface area contributed by atoms with E-state index in [1.165, 1.54) is 12.3 Å². The van der Waals surface area contributed by atoms with Gasteiger partial charge in [-0.1, -0.05) is 35.9 Å². The Labute approximate surface area is 212 Å². The van der Waals surface area contributed by atoms with Gasteiger partial charge in [0.2, 0.25) is 11.8 Å². The standard InChI is InChI=1S/C27H26F3N3O4/c1-3-36-24-13-19(10-11-23(24)37-17-20-7-4-6-18(2)12-20)16-31-33-26(35)15-25(34)32-22-9-5-8-21(14-22)27(28,29)30/h4-14,16H,3,15,17H2,1-2H3,(H,32,34)(H,33,35). The number of carbonyl (C=O) groups excluding carboxylic acids is 2. The second-order valence-electron chi connectivity index (χ2n) is 8.01. The number of alkyl halides is 3. The van der Waals surface area contributed by atoms with Gasteiger partial charge in [-0.05, 0) is 61.4 Å². The average molecular weight is 514 g/mol. The summed E-state index contributed by atoms with van der Waals surface area (Å²) in [7, 11) is 0. The maximum atomic E-state index is 12.8. The van der Waals surface area contributed by atoms with Crippen LogP contribution in [0.15, 0.2) is 71.8 Å². The molecule has 2 N–H and O–H groups in total. The third-order valence-corrected chi connectivity index (χ3v) is 4.94. The van der Waals surface area contributed by atoms with E-state index < -0.39 is 30.0 Å². The Morgan fingerprint density at radius 3 is 2.46 bits per heavy atom. The van der Waals surface area contributed by atoms with Crippen LogP contribution in [-0.2, 0) is 22.4 Å². The van der Waals surface area contributed by atoms with Crippen LogP contribution in [0.3, 0.4) is 0 Å². The van der Waals surface area contributed by atoms with Crippen molar-refractivity contribution in [1.29, 1.82) is 0 Å². The molecule has 194 valence electrons. The average Bonchev–Trinajstić information content (AvgIpc) is 2.83. The van der Waals surface area contributed by atoms with Gasteiger partial charge in [0.05, 0.1) is 18.4 Å². The van der Waals surface area contributed by atoms with E-state index in [1.54, 1.807) is 18.2 Å². The quantitative estimate of drug-likeness (QED) is 0.214. The van der Waals surface area contributed by atoms with Gasteiger partial charge in [-0.3, -0.25) is 9.59 Å². The summed E-state index contributed by atoms with van der Waals surface area (Å²) in [5.41, 5.74) is 4.01. The second-order valence-corrected chi connectivity index (χ2v) is 8.01. The highest BCUT2D eigenvalue weighted by molar-refractivity contribution is 6.03. The highest BCUT2D eigenvalue weighted by Gasteiger charge is 2.30. The Balaban J connectivity index is 1.54. The number of aryl methyl sites for hydroxylation is 1. The van der Waals surface area contributed by atoms with Crippen LogP contribution in [-0.4, -0.2) is 24.6 Å². The molecule has 0 saturated heterocycles. The zero-order chi connectivity index (χ0) is 26.8. The number of halogens is 3. The molecule has 0 unspecified atom stereocenters. The molecule has 0 heterocycles. The number of hydrogen-bond donors (Lipinski definition) is 2. The van der Waals surface area contributed by atoms with Crippen molar-refractivity contribution >= 4 is 23.7 Å². The van der Waals surface area contributed by atoms with Crippen LogP contribution in [0.1, 0.15) is 35.6 Å². The molecule has 0 fully saturated rings. The summed E-state index contributed by atoms with van der Waals surface area (Å²) < 4.78 is 50.0. The molecular formula is C27H26F3N3O4. The lowest BCUT2D eigenvalue weighted by Crippen LogP contribution is -2.24. The first-order chi connectivity index (χ1) is 17.6. The lowest BCUT2D eigenvalue weighted by atomic mass is 10.1. The number of ether oxygens (including phenoxy) is 2. The maximum Gasteiger partial charge on any atom is 0.416 e. The van der Waals surface area contributed by atoms with Gasteiger partial charge >= 0.3 is 6.18 Å². The van der Waals surface area contributed by atoms with Gasteiger partial charge in [-0.25, -0.2) is 5.43 Å². The monoisotopic (exact) mass is 513 g/mol. The molecule has 0 aromatic heterocycles. The molecule has 3 aromatic rings. The molecule has 37 heavy (non-hydrogen) atoms. The Morgan fingerprint density at radius 1 is 0.946 bits per heavy atom. The highest BCUT2D eigenvalue weighted by Crippen LogP contribution is 2.31. The van der Waals surface area contributed by atoms with E-state index in [0.717, 1.165) is 29.3 Å². The fourth-order valence-corrected chi connectivity index (χ4v) is 3.30. The number of benzene rings is 3. The molecule has 0 saturated carbocycles. The summed E-state index contributed by atoms with van der Waals surface area (Å²) in [6.45, 7) is 4.63. The van der Waals surface area contributed by atoms with Crippen molar-refractivity contribution in [3.05, 3.63) is 89.0 Å². The van der Waals surface area contributed by atoms with E-state index in [4.69, 9.17) is 9.47 Å². The summed E-state index contributed by atoms with van der Waals surface area (Å²) in [6.07, 6.45) is -3.79. The lowest BCUT2D eigenvalue weighted by molar-refractivity contribution is -0.137. The third-order valence-electron chi connectivity index (χ3n) is 4.94. The van der Waals surface area contributed by atoms with Gasteiger partial charge in [0.15, 0.2) is 11.5 Å². The molecular weight excluding hydrogens is 487 g/mol. The number of rotatable bonds is 10. The number of nitrogens with zero attached hydrogens (tertiary/aromatic N) is 1. The molecule has 0 radical (unpaired) electrons. The van der Waals surface area contributed by atoms with E-state index >= 15 is 0 Å². The lowest BCUT2D eigenvalue weighted by Gasteiger charge is -2.13. The van der Waals surface area contributed by atoms with Crippen LogP contribution in [0, 0.1) is 6.92 Å². The van der Waals surface area contributed by atoms with Crippen molar-refractivity contribution in [3.8, 4) is 11.5 Å². The van der Waals surface area contributed by atoms with Gasteiger partial charge in [-0.2, -0.15) is 18.3 Å². The number of hydrogen-bond acceptors (Lipinski definition) is 5. The first-order valence-corrected chi connectivity index (χ1v) is 11.4. The van der Waals surface area contributed by atoms with E-state index in [-0.39, 0.29) is 5.69 Å². The zero-order valence-electron chi connectivity index (χ0n) is 20.3. The molecule has 0 spiro atoms. The van der Waals surface area contributed by atoms with E-state index in [0.29, 0.717) is 30.3 Å². The number of hydrazone groups is 1. The minimum atomic E-state index is -4.54. The Kier molecular flexibility index (Phi) is 9.26. The van der Waals surface area contributed by atoms with Crippen LogP contribution in [0.2, 0.25) is 0 Å². The minimum Gasteiger partial charge on any atom is -0.490 e. The predicted octanol–water partition coefficient (Wildman–Crippen LogP) is 5.47. The Hall–Kier alpha value is -4.34. The number of amides is 2. The molecule has 0 aliphatic carbocycles. The number of carbonyl (C=O) groups is 2. The molecule has 7 nitrogen and oxygen atoms in total. The summed E-state index contributed by atoms with van der Waals surface area (Å²) in [5, 5.41) is 6.10. The van der Waals surface area contributed by atoms with Crippen LogP contribution in [0.5, 0.6) is 11.5 Å². The fraction of sp³-hybridized carbons (Fsp3) is 0.222. The molecule has 10 heteroatoms. The molecule has 3 aromatic carbocycles. The SMILES string of the molecule is CCOc1cc(C=NNC(=O)CC(=O)Nc2cccc(C(F)(F)F)c2)ccc1OCc1cccc(C)c1. The van der Waals surface area contributed by atoms with Gasteiger partial charge in [0.25, 0.3) is 0 Å². The molecule has 0 aliphatic heterocycles. The van der Waals surface area contributed by atoms with Crippen molar-refractivity contribution in [1.82, 2.24) is 5.43 Å². The van der Waals surface area contributed by atoms with Crippen molar-refractivity contribution in [2.75, 3.05) is 11.9 Å². The summed E-state index contributed by atoms with van der Waals surface area (Å²) in [4.78, 5) is 24.0. The molecule has 3 rings (SSSR count).